The van der Waals surface area contributed by atoms with Crippen molar-refractivity contribution >= 4 is 23.7 Å². The van der Waals surface area contributed by atoms with Crippen LogP contribution in [0.15, 0.2) is 47.6 Å². The second kappa shape index (κ2) is 8.02. The number of ether oxygens (including phenoxy) is 3. The Morgan fingerprint density at radius 1 is 1.12 bits per heavy atom. The van der Waals surface area contributed by atoms with Gasteiger partial charge >= 0.3 is 11.8 Å². The van der Waals surface area contributed by atoms with Crippen LogP contribution in [0.5, 0.6) is 17.2 Å². The summed E-state index contributed by atoms with van der Waals surface area (Å²) in [7, 11) is 0. The number of anilines is 1. The van der Waals surface area contributed by atoms with Crippen molar-refractivity contribution in [2.75, 3.05) is 18.7 Å². The molecule has 3 rings (SSSR count). The molecule has 0 saturated carbocycles. The number of fused-ring (bicyclic) bond motifs is 1. The lowest BCUT2D eigenvalue weighted by Gasteiger charge is -2.06. The van der Waals surface area contributed by atoms with E-state index in [1.807, 2.05) is 6.92 Å². The number of hydrazone groups is 1. The minimum Gasteiger partial charge on any atom is -0.494 e. The molecular formula is C18H17N3O5. The van der Waals surface area contributed by atoms with E-state index in [0.29, 0.717) is 35.1 Å². The Bertz CT molecular complexity index is 833. The molecule has 0 aromatic heterocycles. The molecular weight excluding hydrogens is 338 g/mol. The molecule has 8 heteroatoms. The Morgan fingerprint density at radius 3 is 2.65 bits per heavy atom. The van der Waals surface area contributed by atoms with Crippen LogP contribution in [0, 0.1) is 0 Å². The molecule has 0 saturated heterocycles. The Hall–Kier alpha value is -3.55. The number of nitrogens with zero attached hydrogens (tertiary/aromatic N) is 1. The number of nitrogens with one attached hydrogen (secondary N) is 2. The standard InChI is InChI=1S/C18H17N3O5/c1-2-24-14-6-4-13(5-7-14)20-17(22)18(23)21-19-10-12-3-8-15-16(9-12)26-11-25-15/h3-10H,2,11H2,1H3,(H,20,22)(H,21,23)/b19-10-. The van der Waals surface area contributed by atoms with Gasteiger partial charge in [0, 0.05) is 5.69 Å². The van der Waals surface area contributed by atoms with Crippen LogP contribution in [0.2, 0.25) is 0 Å². The van der Waals surface area contributed by atoms with Crippen LogP contribution in [0.3, 0.4) is 0 Å². The first-order valence-electron chi connectivity index (χ1n) is 7.92. The van der Waals surface area contributed by atoms with Crippen molar-refractivity contribution in [1.29, 1.82) is 0 Å². The highest BCUT2D eigenvalue weighted by molar-refractivity contribution is 6.39. The molecule has 2 aromatic carbocycles. The van der Waals surface area contributed by atoms with Gasteiger partial charge in [-0.2, -0.15) is 5.10 Å². The van der Waals surface area contributed by atoms with Crippen molar-refractivity contribution in [1.82, 2.24) is 5.43 Å². The molecule has 0 bridgehead atoms. The first-order valence-corrected chi connectivity index (χ1v) is 7.92. The number of rotatable bonds is 5. The second-order valence-corrected chi connectivity index (χ2v) is 5.22. The van der Waals surface area contributed by atoms with Crippen LogP contribution in [-0.2, 0) is 9.59 Å². The summed E-state index contributed by atoms with van der Waals surface area (Å²) in [5.41, 5.74) is 3.35. The average molecular weight is 355 g/mol. The van der Waals surface area contributed by atoms with E-state index in [9.17, 15) is 9.59 Å². The lowest BCUT2D eigenvalue weighted by molar-refractivity contribution is -0.136. The van der Waals surface area contributed by atoms with Gasteiger partial charge in [0.15, 0.2) is 11.5 Å². The van der Waals surface area contributed by atoms with Crippen LogP contribution in [0.4, 0.5) is 5.69 Å². The van der Waals surface area contributed by atoms with Gasteiger partial charge in [-0.1, -0.05) is 0 Å². The summed E-state index contributed by atoms with van der Waals surface area (Å²) in [5, 5.41) is 6.24. The Morgan fingerprint density at radius 2 is 1.88 bits per heavy atom. The summed E-state index contributed by atoms with van der Waals surface area (Å²) in [4.78, 5) is 23.6. The van der Waals surface area contributed by atoms with E-state index in [4.69, 9.17) is 14.2 Å². The molecule has 134 valence electrons. The highest BCUT2D eigenvalue weighted by Crippen LogP contribution is 2.31. The number of hydrogen-bond donors (Lipinski definition) is 2. The summed E-state index contributed by atoms with van der Waals surface area (Å²) >= 11 is 0. The van der Waals surface area contributed by atoms with Crippen molar-refractivity contribution in [2.24, 2.45) is 5.10 Å². The van der Waals surface area contributed by atoms with Crippen molar-refractivity contribution in [2.45, 2.75) is 6.92 Å². The summed E-state index contributed by atoms with van der Waals surface area (Å²) < 4.78 is 15.8. The second-order valence-electron chi connectivity index (χ2n) is 5.22. The molecule has 0 atom stereocenters. The molecule has 8 nitrogen and oxygen atoms in total. The van der Waals surface area contributed by atoms with E-state index in [1.165, 1.54) is 6.21 Å². The van der Waals surface area contributed by atoms with Crippen molar-refractivity contribution in [3.8, 4) is 17.2 Å². The number of hydrogen-bond acceptors (Lipinski definition) is 6. The fourth-order valence-corrected chi connectivity index (χ4v) is 2.20. The number of benzene rings is 2. The molecule has 2 aromatic rings. The van der Waals surface area contributed by atoms with E-state index >= 15 is 0 Å². The summed E-state index contributed by atoms with van der Waals surface area (Å²) in [6.07, 6.45) is 1.41. The smallest absolute Gasteiger partial charge is 0.329 e. The van der Waals surface area contributed by atoms with Crippen LogP contribution in [0.25, 0.3) is 0 Å². The van der Waals surface area contributed by atoms with Crippen LogP contribution >= 0.6 is 0 Å². The molecule has 0 unspecified atom stereocenters. The molecule has 0 radical (unpaired) electrons. The molecule has 0 spiro atoms. The maximum Gasteiger partial charge on any atom is 0.329 e. The first kappa shape index (κ1) is 17.3. The average Bonchev–Trinajstić information content (AvgIpc) is 3.11. The number of carbonyl (C=O) groups is 2. The predicted octanol–water partition coefficient (Wildman–Crippen LogP) is 1.90. The maximum absolute atomic E-state index is 11.9. The molecule has 1 aliphatic rings. The summed E-state index contributed by atoms with van der Waals surface area (Å²) in [6, 6.07) is 11.9. The lowest BCUT2D eigenvalue weighted by atomic mass is 10.2. The molecule has 0 fully saturated rings. The molecule has 1 heterocycles. The van der Waals surface area contributed by atoms with Gasteiger partial charge in [0.2, 0.25) is 6.79 Å². The Kier molecular flexibility index (Phi) is 5.33. The predicted molar refractivity (Wildman–Crippen MR) is 94.5 cm³/mol. The van der Waals surface area contributed by atoms with E-state index in [1.54, 1.807) is 42.5 Å². The van der Waals surface area contributed by atoms with Gasteiger partial charge in [-0.15, -0.1) is 0 Å². The highest BCUT2D eigenvalue weighted by Gasteiger charge is 2.14. The Balaban J connectivity index is 1.51. The van der Waals surface area contributed by atoms with E-state index in [2.05, 4.69) is 15.8 Å². The third kappa shape index (κ3) is 4.29. The summed E-state index contributed by atoms with van der Waals surface area (Å²) in [6.45, 7) is 2.61. The van der Waals surface area contributed by atoms with Crippen molar-refractivity contribution < 1.29 is 23.8 Å². The zero-order chi connectivity index (χ0) is 18.4. The number of amides is 2. The number of carbonyl (C=O) groups excluding carboxylic acids is 2. The van der Waals surface area contributed by atoms with Gasteiger partial charge in [0.05, 0.1) is 12.8 Å². The summed E-state index contributed by atoms with van der Waals surface area (Å²) in [5.74, 6) is 0.241. The third-order valence-electron chi connectivity index (χ3n) is 3.41. The van der Waals surface area contributed by atoms with E-state index in [0.717, 1.165) is 0 Å². The third-order valence-corrected chi connectivity index (χ3v) is 3.41. The van der Waals surface area contributed by atoms with Crippen LogP contribution in [0.1, 0.15) is 12.5 Å². The van der Waals surface area contributed by atoms with Gasteiger partial charge in [0.1, 0.15) is 5.75 Å². The van der Waals surface area contributed by atoms with Gasteiger partial charge in [0.25, 0.3) is 0 Å². The van der Waals surface area contributed by atoms with Crippen LogP contribution in [-0.4, -0.2) is 31.4 Å². The zero-order valence-corrected chi connectivity index (χ0v) is 14.0. The van der Waals surface area contributed by atoms with Gasteiger partial charge in [-0.25, -0.2) is 5.43 Å². The zero-order valence-electron chi connectivity index (χ0n) is 14.0. The fraction of sp³-hybridized carbons (Fsp3) is 0.167. The Labute approximate surface area is 149 Å². The minimum atomic E-state index is -0.879. The topological polar surface area (TPSA) is 98.2 Å². The molecule has 1 aliphatic heterocycles. The highest BCUT2D eigenvalue weighted by atomic mass is 16.7. The quantitative estimate of drug-likeness (QED) is 0.485. The monoisotopic (exact) mass is 355 g/mol. The largest absolute Gasteiger partial charge is 0.494 e. The van der Waals surface area contributed by atoms with Gasteiger partial charge < -0.3 is 19.5 Å². The van der Waals surface area contributed by atoms with Crippen molar-refractivity contribution in [3.05, 3.63) is 48.0 Å². The van der Waals surface area contributed by atoms with E-state index < -0.39 is 11.8 Å². The van der Waals surface area contributed by atoms with Crippen LogP contribution < -0.4 is 25.0 Å². The lowest BCUT2D eigenvalue weighted by Crippen LogP contribution is -2.32. The normalized spacial score (nSPS) is 12.0. The molecule has 2 amide bonds. The SMILES string of the molecule is CCOc1ccc(NC(=O)C(=O)N/N=C\c2ccc3c(c2)OCO3)cc1. The fourth-order valence-electron chi connectivity index (χ4n) is 2.20. The molecule has 26 heavy (non-hydrogen) atoms. The minimum absolute atomic E-state index is 0.179. The van der Waals surface area contributed by atoms with Crippen molar-refractivity contribution in [3.63, 3.8) is 0 Å². The van der Waals surface area contributed by atoms with E-state index in [-0.39, 0.29) is 6.79 Å². The molecule has 2 N–H and O–H groups in total. The maximum atomic E-state index is 11.9. The van der Waals surface area contributed by atoms with Gasteiger partial charge in [-0.05, 0) is 55.0 Å². The van der Waals surface area contributed by atoms with Gasteiger partial charge in [-0.3, -0.25) is 9.59 Å². The molecule has 0 aliphatic carbocycles. The first-order chi connectivity index (χ1) is 12.7.